The van der Waals surface area contributed by atoms with E-state index in [1.165, 1.54) is 6.20 Å². The smallest absolute Gasteiger partial charge is 0.277 e. The minimum atomic E-state index is -0.411. The van der Waals surface area contributed by atoms with E-state index in [0.29, 0.717) is 6.54 Å². The molecule has 0 bridgehead atoms. The van der Waals surface area contributed by atoms with Crippen molar-refractivity contribution < 1.29 is 9.36 Å². The van der Waals surface area contributed by atoms with Crippen LogP contribution in [-0.4, -0.2) is 51.5 Å². The van der Waals surface area contributed by atoms with E-state index in [4.69, 9.17) is 17.3 Å². The van der Waals surface area contributed by atoms with Crippen LogP contribution >= 0.6 is 11.6 Å². The van der Waals surface area contributed by atoms with Gasteiger partial charge in [0.25, 0.3) is 11.7 Å². The Morgan fingerprint density at radius 1 is 1.33 bits per heavy atom. The average Bonchev–Trinajstić information content (AvgIpc) is 3.15. The van der Waals surface area contributed by atoms with Crippen LogP contribution in [0, 0.1) is 0 Å². The zero-order chi connectivity index (χ0) is 23.5. The quantitative estimate of drug-likeness (QED) is 0.456. The molecular formula is C23H30ClN8O+. The number of anilines is 1. The Morgan fingerprint density at radius 2 is 2.09 bits per heavy atom. The Kier molecular flexibility index (Phi) is 6.80. The number of fused-ring (bicyclic) bond motifs is 1. The minimum Gasteiger partial charge on any atom is -0.382 e. The second-order valence-electron chi connectivity index (χ2n) is 7.90. The monoisotopic (exact) mass is 469 g/mol. The molecule has 1 amide bonds. The van der Waals surface area contributed by atoms with Gasteiger partial charge in [-0.25, -0.2) is 19.1 Å². The first-order valence-corrected chi connectivity index (χ1v) is 11.6. The first kappa shape index (κ1) is 23.0. The van der Waals surface area contributed by atoms with Gasteiger partial charge in [0.2, 0.25) is 0 Å². The normalized spacial score (nSPS) is 14.0. The highest BCUT2D eigenvalue weighted by atomic mass is 35.5. The summed E-state index contributed by atoms with van der Waals surface area (Å²) in [6.45, 7) is 14.2. The van der Waals surface area contributed by atoms with E-state index in [1.54, 1.807) is 0 Å². The number of amides is 1. The van der Waals surface area contributed by atoms with E-state index in [0.717, 1.165) is 67.4 Å². The van der Waals surface area contributed by atoms with Gasteiger partial charge < -0.3 is 21.3 Å². The predicted octanol–water partition coefficient (Wildman–Crippen LogP) is 1.80. The molecule has 9 nitrogen and oxygen atoms in total. The van der Waals surface area contributed by atoms with Gasteiger partial charge in [-0.05, 0) is 32.0 Å². The van der Waals surface area contributed by atoms with Gasteiger partial charge in [-0.3, -0.25) is 4.79 Å². The van der Waals surface area contributed by atoms with Crippen molar-refractivity contribution in [2.45, 2.75) is 33.5 Å². The summed E-state index contributed by atoms with van der Waals surface area (Å²) in [7, 11) is 0. The van der Waals surface area contributed by atoms with Crippen LogP contribution in [-0.2, 0) is 19.6 Å². The Hall–Kier alpha value is -3.17. The number of hydrogen-bond acceptors (Lipinski definition) is 6. The highest BCUT2D eigenvalue weighted by molar-refractivity contribution is 6.29. The lowest BCUT2D eigenvalue weighted by Crippen LogP contribution is -2.42. The molecule has 3 heterocycles. The number of halogens is 1. The fourth-order valence-electron chi connectivity index (χ4n) is 4.37. The number of carbonyl (C=O) groups is 1. The van der Waals surface area contributed by atoms with Gasteiger partial charge in [-0.2, -0.15) is 0 Å². The van der Waals surface area contributed by atoms with E-state index in [-0.39, 0.29) is 16.7 Å². The van der Waals surface area contributed by atoms with Gasteiger partial charge in [0, 0.05) is 37.4 Å². The number of aryl methyl sites for hydroxylation is 2. The molecule has 0 unspecified atom stereocenters. The number of imidazole rings is 1. The second-order valence-corrected chi connectivity index (χ2v) is 8.29. The number of benzene rings is 1. The van der Waals surface area contributed by atoms with Crippen LogP contribution in [0.1, 0.15) is 35.7 Å². The summed E-state index contributed by atoms with van der Waals surface area (Å²) in [6, 6.07) is 6.46. The molecular weight excluding hydrogens is 440 g/mol. The summed E-state index contributed by atoms with van der Waals surface area (Å²) < 4.78 is 4.43. The van der Waals surface area contributed by atoms with Crippen molar-refractivity contribution in [1.82, 2.24) is 30.1 Å². The first-order chi connectivity index (χ1) is 15.9. The molecule has 0 aliphatic carbocycles. The fraction of sp³-hybridized carbons (Fsp3) is 0.391. The van der Waals surface area contributed by atoms with Crippen molar-refractivity contribution in [3.8, 4) is 0 Å². The number of rotatable bonds is 7. The molecule has 0 saturated carbocycles. The van der Waals surface area contributed by atoms with Crippen LogP contribution < -0.4 is 20.9 Å². The van der Waals surface area contributed by atoms with Crippen molar-refractivity contribution >= 4 is 40.1 Å². The van der Waals surface area contributed by atoms with Crippen molar-refractivity contribution in [3.05, 3.63) is 53.2 Å². The second kappa shape index (κ2) is 9.76. The number of nitrogen functional groups attached to an aromatic ring is 1. The molecule has 0 radical (unpaired) electrons. The molecule has 3 aromatic rings. The van der Waals surface area contributed by atoms with Gasteiger partial charge in [-0.15, -0.1) is 0 Å². The van der Waals surface area contributed by atoms with Crippen LogP contribution in [0.25, 0.3) is 16.7 Å². The molecule has 4 N–H and O–H groups in total. The molecule has 2 aromatic heterocycles. The van der Waals surface area contributed by atoms with E-state index in [2.05, 4.69) is 73.3 Å². The SMILES string of the molecule is C=C(c1ccc2c(c1)n(CC)c(CNC(=O)c1nc(Cl)cnc1N)[n+]2CC)N1CCNCC1. The fourth-order valence-corrected chi connectivity index (χ4v) is 4.51. The highest BCUT2D eigenvalue weighted by Crippen LogP contribution is 2.24. The molecule has 4 rings (SSSR count). The molecule has 0 spiro atoms. The zero-order valence-electron chi connectivity index (χ0n) is 19.1. The van der Waals surface area contributed by atoms with Crippen molar-refractivity contribution in [3.63, 3.8) is 0 Å². The van der Waals surface area contributed by atoms with E-state index >= 15 is 0 Å². The number of aromatic nitrogens is 4. The average molecular weight is 470 g/mol. The Morgan fingerprint density at radius 3 is 2.79 bits per heavy atom. The van der Waals surface area contributed by atoms with Crippen molar-refractivity contribution in [2.24, 2.45) is 0 Å². The number of nitrogens with zero attached hydrogens (tertiary/aromatic N) is 5. The van der Waals surface area contributed by atoms with Crippen molar-refractivity contribution in [1.29, 1.82) is 0 Å². The van der Waals surface area contributed by atoms with Gasteiger partial charge in [0.05, 0.1) is 19.3 Å². The van der Waals surface area contributed by atoms with Gasteiger partial charge >= 0.3 is 0 Å². The van der Waals surface area contributed by atoms with Crippen LogP contribution in [0.5, 0.6) is 0 Å². The number of hydrogen-bond donors (Lipinski definition) is 3. The molecule has 1 aromatic carbocycles. The Labute approximate surface area is 198 Å². The third-order valence-electron chi connectivity index (χ3n) is 6.04. The molecule has 0 atom stereocenters. The molecule has 1 saturated heterocycles. The largest absolute Gasteiger partial charge is 0.382 e. The number of nitrogens with two attached hydrogens (primary N) is 1. The lowest BCUT2D eigenvalue weighted by molar-refractivity contribution is -0.676. The number of nitrogens with one attached hydrogen (secondary N) is 2. The van der Waals surface area contributed by atoms with Crippen LogP contribution in [0.15, 0.2) is 31.0 Å². The molecule has 33 heavy (non-hydrogen) atoms. The van der Waals surface area contributed by atoms with Crippen molar-refractivity contribution in [2.75, 3.05) is 31.9 Å². The third kappa shape index (κ3) is 4.51. The summed E-state index contributed by atoms with van der Waals surface area (Å²) in [5.41, 5.74) is 10.2. The zero-order valence-corrected chi connectivity index (χ0v) is 19.8. The van der Waals surface area contributed by atoms with Crippen LogP contribution in [0.3, 0.4) is 0 Å². The maximum absolute atomic E-state index is 12.7. The summed E-state index contributed by atoms with van der Waals surface area (Å²) in [4.78, 5) is 23.0. The summed E-state index contributed by atoms with van der Waals surface area (Å²) in [6.07, 6.45) is 1.32. The van der Waals surface area contributed by atoms with E-state index in [1.807, 2.05) is 0 Å². The molecule has 1 aliphatic rings. The summed E-state index contributed by atoms with van der Waals surface area (Å²) in [5, 5.41) is 6.43. The topological polar surface area (TPSA) is 105 Å². The van der Waals surface area contributed by atoms with Gasteiger partial charge in [-0.1, -0.05) is 18.2 Å². The maximum Gasteiger partial charge on any atom is 0.277 e. The lowest BCUT2D eigenvalue weighted by atomic mass is 10.1. The molecule has 174 valence electrons. The standard InChI is InChI=1S/C23H29ClN8O/c1-4-31-17-7-6-16(15(3)30-10-8-26-9-11-30)12-18(17)32(5-2)20(31)14-28-23(33)21-22(25)27-13-19(24)29-21/h6-7,12-13,26H,3-5,8-11,14H2,1-2H3,(H2-,25,27,28,33)/p+1. The molecule has 1 fully saturated rings. The molecule has 1 aliphatic heterocycles. The third-order valence-corrected chi connectivity index (χ3v) is 6.22. The van der Waals surface area contributed by atoms with E-state index in [9.17, 15) is 4.79 Å². The highest BCUT2D eigenvalue weighted by Gasteiger charge is 2.25. The summed E-state index contributed by atoms with van der Waals surface area (Å²) in [5.74, 6) is 0.625. The van der Waals surface area contributed by atoms with E-state index < -0.39 is 5.91 Å². The number of carbonyl (C=O) groups excluding carboxylic acids is 1. The van der Waals surface area contributed by atoms with Crippen LogP contribution in [0.4, 0.5) is 5.82 Å². The lowest BCUT2D eigenvalue weighted by Gasteiger charge is -2.31. The maximum atomic E-state index is 12.7. The summed E-state index contributed by atoms with van der Waals surface area (Å²) >= 11 is 5.89. The number of piperazine rings is 1. The minimum absolute atomic E-state index is 0.0271. The Bertz CT molecular complexity index is 1200. The van der Waals surface area contributed by atoms with Gasteiger partial charge in [0.1, 0.15) is 11.7 Å². The Balaban J connectivity index is 1.65. The first-order valence-electron chi connectivity index (χ1n) is 11.2. The predicted molar refractivity (Wildman–Crippen MR) is 130 cm³/mol. The molecule has 10 heteroatoms. The van der Waals surface area contributed by atoms with Gasteiger partial charge in [0.15, 0.2) is 22.5 Å². The van der Waals surface area contributed by atoms with Crippen LogP contribution in [0.2, 0.25) is 5.15 Å².